The van der Waals surface area contributed by atoms with E-state index >= 15 is 0 Å². The summed E-state index contributed by atoms with van der Waals surface area (Å²) in [7, 11) is 0. The first-order valence-corrected chi connectivity index (χ1v) is 8.93. The van der Waals surface area contributed by atoms with Gasteiger partial charge in [-0.2, -0.15) is 0 Å². The number of anilines is 2. The summed E-state index contributed by atoms with van der Waals surface area (Å²) in [5, 5.41) is 12.0. The van der Waals surface area contributed by atoms with Crippen molar-refractivity contribution in [3.63, 3.8) is 0 Å². The lowest BCUT2D eigenvalue weighted by Crippen LogP contribution is -2.26. The van der Waals surface area contributed by atoms with E-state index in [1.54, 1.807) is 19.1 Å². The van der Waals surface area contributed by atoms with Crippen LogP contribution in [0.1, 0.15) is 45.0 Å². The number of hydrogen-bond donors (Lipinski definition) is 3. The molecule has 140 valence electrons. The summed E-state index contributed by atoms with van der Waals surface area (Å²) in [6.45, 7) is 4.72. The number of benzene rings is 1. The molecule has 0 atom stereocenters. The molecular formula is C18H21FN2O4S. The molecule has 2 aromatic rings. The first-order chi connectivity index (χ1) is 12.4. The smallest absolute Gasteiger partial charge is 0.278 e. The Bertz CT molecular complexity index is 820. The van der Waals surface area contributed by atoms with Crippen LogP contribution in [0.25, 0.3) is 0 Å². The molecule has 2 rings (SSSR count). The zero-order valence-corrected chi connectivity index (χ0v) is 15.6. The lowest BCUT2D eigenvalue weighted by atomic mass is 10.1. The second-order valence-corrected chi connectivity index (χ2v) is 6.66. The van der Waals surface area contributed by atoms with Gasteiger partial charge in [0.05, 0.1) is 29.3 Å². The molecule has 0 aliphatic carbocycles. The van der Waals surface area contributed by atoms with E-state index in [0.717, 1.165) is 16.9 Å². The van der Waals surface area contributed by atoms with Crippen LogP contribution >= 0.6 is 11.3 Å². The van der Waals surface area contributed by atoms with Gasteiger partial charge >= 0.3 is 0 Å². The number of carbonyl (C=O) groups excluding carboxylic acids is 2. The van der Waals surface area contributed by atoms with Gasteiger partial charge < -0.3 is 10.4 Å². The lowest BCUT2D eigenvalue weighted by Gasteiger charge is -2.11. The van der Waals surface area contributed by atoms with Crippen molar-refractivity contribution in [2.45, 2.75) is 27.2 Å². The van der Waals surface area contributed by atoms with Crippen molar-refractivity contribution in [2.75, 3.05) is 18.5 Å². The van der Waals surface area contributed by atoms with E-state index in [9.17, 15) is 14.0 Å². The van der Waals surface area contributed by atoms with Crippen molar-refractivity contribution < 1.29 is 23.9 Å². The molecule has 3 N–H and O–H groups in total. The Labute approximate surface area is 154 Å². The average molecular weight is 380 g/mol. The van der Waals surface area contributed by atoms with Crippen LogP contribution in [0.15, 0.2) is 18.2 Å². The fourth-order valence-electron chi connectivity index (χ4n) is 2.47. The molecule has 1 aromatic heterocycles. The molecule has 1 aromatic carbocycles. The maximum absolute atomic E-state index is 14.2. The number of nitrogens with one attached hydrogen (secondary N) is 2. The van der Waals surface area contributed by atoms with Crippen molar-refractivity contribution in [1.29, 1.82) is 0 Å². The van der Waals surface area contributed by atoms with Crippen molar-refractivity contribution in [1.82, 2.24) is 5.48 Å². The van der Waals surface area contributed by atoms with Gasteiger partial charge in [-0.15, -0.1) is 11.3 Å². The molecule has 1 heterocycles. The molecule has 0 spiro atoms. The Morgan fingerprint density at radius 1 is 1.35 bits per heavy atom. The fraction of sp³-hybridized carbons (Fsp3) is 0.333. The Hall–Kier alpha value is -2.29. The van der Waals surface area contributed by atoms with Crippen molar-refractivity contribution in [3.8, 4) is 0 Å². The quantitative estimate of drug-likeness (QED) is 0.371. The van der Waals surface area contributed by atoms with Gasteiger partial charge in [-0.1, -0.05) is 13.0 Å². The van der Waals surface area contributed by atoms with Crippen LogP contribution in [0.4, 0.5) is 15.1 Å². The van der Waals surface area contributed by atoms with Crippen LogP contribution < -0.4 is 10.8 Å². The predicted octanol–water partition coefficient (Wildman–Crippen LogP) is 3.36. The average Bonchev–Trinajstić information content (AvgIpc) is 2.96. The maximum atomic E-state index is 14.2. The second kappa shape index (κ2) is 8.88. The van der Waals surface area contributed by atoms with E-state index < -0.39 is 11.7 Å². The van der Waals surface area contributed by atoms with E-state index in [0.29, 0.717) is 21.9 Å². The first-order valence-electron chi connectivity index (χ1n) is 8.11. The number of Topliss-reactive ketones (excluding diaryl/α,β-unsaturated/α-hetero) is 1. The van der Waals surface area contributed by atoms with Crippen LogP contribution in [-0.2, 0) is 11.3 Å². The number of hydrogen-bond acceptors (Lipinski definition) is 6. The zero-order valence-electron chi connectivity index (χ0n) is 14.8. The first kappa shape index (κ1) is 20.0. The van der Waals surface area contributed by atoms with E-state index in [4.69, 9.17) is 9.94 Å². The van der Waals surface area contributed by atoms with E-state index in [1.807, 2.05) is 6.92 Å². The highest BCUT2D eigenvalue weighted by Gasteiger charge is 2.25. The van der Waals surface area contributed by atoms with Crippen molar-refractivity contribution in [3.05, 3.63) is 45.6 Å². The van der Waals surface area contributed by atoms with E-state index in [-0.39, 0.29) is 30.2 Å². The largest absolute Gasteiger partial charge is 0.394 e. The Morgan fingerprint density at radius 3 is 2.65 bits per heavy atom. The summed E-state index contributed by atoms with van der Waals surface area (Å²) in [5.74, 6) is -1.19. The summed E-state index contributed by atoms with van der Waals surface area (Å²) < 4.78 is 14.2. The monoisotopic (exact) mass is 380 g/mol. The SMILES string of the molecule is CCc1c(C(C)=O)sc(Nc2ccc(C)cc2F)c1C(=O)NOCCO. The molecule has 8 heteroatoms. The highest BCUT2D eigenvalue weighted by Crippen LogP contribution is 2.37. The van der Waals surface area contributed by atoms with Gasteiger partial charge in [0.2, 0.25) is 0 Å². The van der Waals surface area contributed by atoms with Gasteiger partial charge in [0.1, 0.15) is 10.8 Å². The standard InChI is InChI=1S/C18H21FN2O4S/c1-4-12-15(17(24)21-25-8-7-22)18(26-16(12)11(3)23)20-14-6-5-10(2)9-13(14)19/h5-6,9,20,22H,4,7-8H2,1-3H3,(H,21,24). The molecule has 0 fully saturated rings. The number of rotatable bonds is 8. The third kappa shape index (κ3) is 4.46. The molecule has 6 nitrogen and oxygen atoms in total. The predicted molar refractivity (Wildman–Crippen MR) is 98.6 cm³/mol. The molecule has 0 bridgehead atoms. The molecule has 0 saturated heterocycles. The van der Waals surface area contributed by atoms with E-state index in [2.05, 4.69) is 10.8 Å². The summed E-state index contributed by atoms with van der Waals surface area (Å²) in [5.41, 5.74) is 4.03. The van der Waals surface area contributed by atoms with E-state index in [1.165, 1.54) is 13.0 Å². The molecule has 0 aliphatic heterocycles. The maximum Gasteiger partial charge on any atom is 0.278 e. The number of aryl methyl sites for hydroxylation is 1. The van der Waals surface area contributed by atoms with Crippen LogP contribution in [0.5, 0.6) is 0 Å². The third-order valence-corrected chi connectivity index (χ3v) is 4.89. The molecule has 1 amide bonds. The third-order valence-electron chi connectivity index (χ3n) is 3.64. The number of aliphatic hydroxyl groups is 1. The number of hydroxylamine groups is 1. The number of amides is 1. The molecule has 26 heavy (non-hydrogen) atoms. The molecule has 0 saturated carbocycles. The molecule has 0 radical (unpaired) electrons. The van der Waals surface area contributed by atoms with Crippen molar-refractivity contribution >= 4 is 33.7 Å². The number of thiophene rings is 1. The summed E-state index contributed by atoms with van der Waals surface area (Å²) in [4.78, 5) is 29.8. The zero-order chi connectivity index (χ0) is 19.3. The Morgan fingerprint density at radius 2 is 2.08 bits per heavy atom. The summed E-state index contributed by atoms with van der Waals surface area (Å²) in [6.07, 6.45) is 0.451. The highest BCUT2D eigenvalue weighted by molar-refractivity contribution is 7.18. The topological polar surface area (TPSA) is 87.7 Å². The Balaban J connectivity index is 2.45. The van der Waals surface area contributed by atoms with Gasteiger partial charge in [0.15, 0.2) is 5.78 Å². The molecule has 0 aliphatic rings. The Kier molecular flexibility index (Phi) is 6.84. The lowest BCUT2D eigenvalue weighted by molar-refractivity contribution is 0.0168. The number of carbonyl (C=O) groups is 2. The highest BCUT2D eigenvalue weighted by atomic mass is 32.1. The van der Waals surface area contributed by atoms with Crippen LogP contribution in [0.2, 0.25) is 0 Å². The minimum atomic E-state index is -0.561. The fourth-order valence-corrected chi connectivity index (χ4v) is 3.67. The van der Waals surface area contributed by atoms with Crippen LogP contribution in [-0.4, -0.2) is 30.0 Å². The number of halogens is 1. The second-order valence-electron chi connectivity index (χ2n) is 5.64. The van der Waals surface area contributed by atoms with Crippen LogP contribution in [0.3, 0.4) is 0 Å². The van der Waals surface area contributed by atoms with Gasteiger partial charge in [-0.3, -0.25) is 14.4 Å². The number of aliphatic hydroxyl groups excluding tert-OH is 1. The van der Waals surface area contributed by atoms with Crippen LogP contribution in [0, 0.1) is 12.7 Å². The number of ketones is 1. The molecular weight excluding hydrogens is 359 g/mol. The van der Waals surface area contributed by atoms with Gasteiger partial charge in [-0.25, -0.2) is 9.87 Å². The molecule has 0 unspecified atom stereocenters. The van der Waals surface area contributed by atoms with Gasteiger partial charge in [0.25, 0.3) is 5.91 Å². The normalized spacial score (nSPS) is 10.7. The van der Waals surface area contributed by atoms with Gasteiger partial charge in [-0.05, 0) is 43.5 Å². The minimum absolute atomic E-state index is 0.0632. The summed E-state index contributed by atoms with van der Waals surface area (Å²) in [6, 6.07) is 4.70. The summed E-state index contributed by atoms with van der Waals surface area (Å²) >= 11 is 1.10. The van der Waals surface area contributed by atoms with Crippen molar-refractivity contribution in [2.24, 2.45) is 0 Å². The minimum Gasteiger partial charge on any atom is -0.394 e. The van der Waals surface area contributed by atoms with Gasteiger partial charge in [0, 0.05) is 0 Å².